The lowest BCUT2D eigenvalue weighted by Crippen LogP contribution is -2.32. The van der Waals surface area contributed by atoms with E-state index in [0.29, 0.717) is 15.6 Å². The maximum absolute atomic E-state index is 11.7. The van der Waals surface area contributed by atoms with E-state index in [1.165, 1.54) is 6.07 Å². The van der Waals surface area contributed by atoms with Crippen LogP contribution in [0.15, 0.2) is 18.2 Å². The fourth-order valence-electron chi connectivity index (χ4n) is 1.09. The second-order valence-electron chi connectivity index (χ2n) is 3.74. The molecule has 1 N–H and O–H groups in total. The van der Waals surface area contributed by atoms with Gasteiger partial charge in [0.25, 0.3) is 0 Å². The van der Waals surface area contributed by atoms with Gasteiger partial charge < -0.3 is 5.21 Å². The summed E-state index contributed by atoms with van der Waals surface area (Å²) < 4.78 is 0. The molecule has 0 saturated heterocycles. The van der Waals surface area contributed by atoms with Crippen molar-refractivity contribution in [2.75, 3.05) is 6.54 Å². The van der Waals surface area contributed by atoms with Gasteiger partial charge in [-0.15, -0.1) is 0 Å². The molecule has 0 fully saturated rings. The van der Waals surface area contributed by atoms with Crippen molar-refractivity contribution in [1.29, 1.82) is 0 Å². The molecule has 0 bridgehead atoms. The second kappa shape index (κ2) is 5.64. The van der Waals surface area contributed by atoms with E-state index in [0.717, 1.165) is 5.06 Å². The Kier molecular flexibility index (Phi) is 4.74. The van der Waals surface area contributed by atoms with Crippen LogP contribution in [-0.4, -0.2) is 28.6 Å². The lowest BCUT2D eigenvalue weighted by atomic mass is 10.1. The molecular weight excluding hydrogens is 249 g/mol. The van der Waals surface area contributed by atoms with E-state index in [-0.39, 0.29) is 18.4 Å². The number of hydroxylamine groups is 2. The molecule has 0 aliphatic heterocycles. The molecule has 0 aliphatic carbocycles. The molecule has 0 atom stereocenters. The van der Waals surface area contributed by atoms with Gasteiger partial charge in [-0.3, -0.25) is 4.79 Å². The normalized spacial score (nSPS) is 11.2. The number of halogens is 2. The summed E-state index contributed by atoms with van der Waals surface area (Å²) in [5.74, 6) is -0.199. The van der Waals surface area contributed by atoms with Crippen LogP contribution in [0.25, 0.3) is 0 Å². The molecule has 5 heteroatoms. The molecule has 0 aliphatic rings. The zero-order valence-corrected chi connectivity index (χ0v) is 10.6. The van der Waals surface area contributed by atoms with E-state index < -0.39 is 0 Å². The fourth-order valence-corrected chi connectivity index (χ4v) is 1.39. The highest BCUT2D eigenvalue weighted by Crippen LogP contribution is 2.22. The average molecular weight is 262 g/mol. The van der Waals surface area contributed by atoms with Crippen molar-refractivity contribution in [3.05, 3.63) is 33.8 Å². The van der Waals surface area contributed by atoms with Gasteiger partial charge in [0.15, 0.2) is 5.78 Å². The molecule has 1 rings (SSSR count). The minimum atomic E-state index is -0.199. The summed E-state index contributed by atoms with van der Waals surface area (Å²) in [5, 5.41) is 11.2. The SMILES string of the molecule is CC(C)N(O)CC(=O)c1ccc(Cl)c(Cl)c1. The number of carbonyl (C=O) groups excluding carboxylic acids is 1. The fraction of sp³-hybridized carbons (Fsp3) is 0.364. The number of Topliss-reactive ketones (excluding diaryl/α,β-unsaturated/α-hetero) is 1. The van der Waals surface area contributed by atoms with Gasteiger partial charge in [0.1, 0.15) is 0 Å². The van der Waals surface area contributed by atoms with Crippen molar-refractivity contribution < 1.29 is 10.0 Å². The van der Waals surface area contributed by atoms with Gasteiger partial charge in [-0.2, -0.15) is 5.06 Å². The van der Waals surface area contributed by atoms with Crippen LogP contribution in [0.1, 0.15) is 24.2 Å². The van der Waals surface area contributed by atoms with Gasteiger partial charge in [-0.25, -0.2) is 0 Å². The highest BCUT2D eigenvalue weighted by Gasteiger charge is 2.14. The zero-order valence-electron chi connectivity index (χ0n) is 9.08. The van der Waals surface area contributed by atoms with Crippen LogP contribution >= 0.6 is 23.2 Å². The van der Waals surface area contributed by atoms with Crippen LogP contribution in [-0.2, 0) is 0 Å². The number of carbonyl (C=O) groups is 1. The number of nitrogens with zero attached hydrogens (tertiary/aromatic N) is 1. The summed E-state index contributed by atoms with van der Waals surface area (Å²) in [4.78, 5) is 11.7. The molecule has 0 spiro atoms. The highest BCUT2D eigenvalue weighted by atomic mass is 35.5. The van der Waals surface area contributed by atoms with Crippen LogP contribution < -0.4 is 0 Å². The van der Waals surface area contributed by atoms with Gasteiger partial charge in [0, 0.05) is 11.6 Å². The molecule has 0 heterocycles. The van der Waals surface area contributed by atoms with Gasteiger partial charge in [0.2, 0.25) is 0 Å². The third kappa shape index (κ3) is 3.46. The summed E-state index contributed by atoms with van der Waals surface area (Å²) in [7, 11) is 0. The Hall–Kier alpha value is -0.610. The van der Waals surface area contributed by atoms with Crippen molar-refractivity contribution in [3.8, 4) is 0 Å². The minimum absolute atomic E-state index is 0.0599. The van der Waals surface area contributed by atoms with Crippen LogP contribution in [0, 0.1) is 0 Å². The predicted octanol–water partition coefficient (Wildman–Crippen LogP) is 3.28. The summed E-state index contributed by atoms with van der Waals surface area (Å²) >= 11 is 11.5. The Labute approximate surface area is 105 Å². The monoisotopic (exact) mass is 261 g/mol. The molecular formula is C11H13Cl2NO2. The quantitative estimate of drug-likeness (QED) is 0.668. The molecule has 0 aromatic heterocycles. The standard InChI is InChI=1S/C11H13Cl2NO2/c1-7(2)14(16)6-11(15)8-3-4-9(12)10(13)5-8/h3-5,7,16H,6H2,1-2H3. The number of hydrogen-bond donors (Lipinski definition) is 1. The summed E-state index contributed by atoms with van der Waals surface area (Å²) in [6.45, 7) is 3.53. The van der Waals surface area contributed by atoms with Crippen molar-refractivity contribution >= 4 is 29.0 Å². The molecule has 1 aromatic carbocycles. The Morgan fingerprint density at radius 3 is 2.50 bits per heavy atom. The molecule has 0 radical (unpaired) electrons. The largest absolute Gasteiger partial charge is 0.313 e. The van der Waals surface area contributed by atoms with E-state index >= 15 is 0 Å². The number of ketones is 1. The molecule has 0 saturated carbocycles. The minimum Gasteiger partial charge on any atom is -0.313 e. The Balaban J connectivity index is 2.77. The Morgan fingerprint density at radius 2 is 2.00 bits per heavy atom. The summed E-state index contributed by atoms with van der Waals surface area (Å²) in [6.07, 6.45) is 0. The number of benzene rings is 1. The van der Waals surface area contributed by atoms with Gasteiger partial charge in [-0.05, 0) is 32.0 Å². The first-order valence-corrected chi connectivity index (χ1v) is 5.61. The number of rotatable bonds is 4. The van der Waals surface area contributed by atoms with Crippen LogP contribution in [0.3, 0.4) is 0 Å². The molecule has 3 nitrogen and oxygen atoms in total. The van der Waals surface area contributed by atoms with E-state index in [2.05, 4.69) is 0 Å². The first kappa shape index (κ1) is 13.5. The lowest BCUT2D eigenvalue weighted by molar-refractivity contribution is -0.107. The Morgan fingerprint density at radius 1 is 1.38 bits per heavy atom. The zero-order chi connectivity index (χ0) is 12.3. The molecule has 16 heavy (non-hydrogen) atoms. The summed E-state index contributed by atoms with van der Waals surface area (Å²) in [6, 6.07) is 4.55. The van der Waals surface area contributed by atoms with Crippen LogP contribution in [0.4, 0.5) is 0 Å². The molecule has 0 unspecified atom stereocenters. The first-order valence-electron chi connectivity index (χ1n) is 4.85. The van der Waals surface area contributed by atoms with Gasteiger partial charge >= 0.3 is 0 Å². The lowest BCUT2D eigenvalue weighted by Gasteiger charge is -2.17. The topological polar surface area (TPSA) is 40.5 Å². The molecule has 88 valence electrons. The van der Waals surface area contributed by atoms with Gasteiger partial charge in [0.05, 0.1) is 16.6 Å². The van der Waals surface area contributed by atoms with Crippen LogP contribution in [0.5, 0.6) is 0 Å². The Bertz CT molecular complexity index is 394. The first-order chi connectivity index (χ1) is 7.41. The highest BCUT2D eigenvalue weighted by molar-refractivity contribution is 6.42. The average Bonchev–Trinajstić information content (AvgIpc) is 2.21. The molecule has 0 amide bonds. The smallest absolute Gasteiger partial charge is 0.179 e. The third-order valence-corrected chi connectivity index (χ3v) is 2.88. The number of hydrogen-bond acceptors (Lipinski definition) is 3. The third-order valence-electron chi connectivity index (χ3n) is 2.14. The maximum atomic E-state index is 11.7. The van der Waals surface area contributed by atoms with Crippen molar-refractivity contribution in [2.45, 2.75) is 19.9 Å². The van der Waals surface area contributed by atoms with E-state index in [4.69, 9.17) is 23.2 Å². The second-order valence-corrected chi connectivity index (χ2v) is 4.56. The van der Waals surface area contributed by atoms with Gasteiger partial charge in [-0.1, -0.05) is 23.2 Å². The van der Waals surface area contributed by atoms with E-state index in [9.17, 15) is 10.0 Å². The maximum Gasteiger partial charge on any atom is 0.179 e. The van der Waals surface area contributed by atoms with Crippen molar-refractivity contribution in [3.63, 3.8) is 0 Å². The van der Waals surface area contributed by atoms with Crippen molar-refractivity contribution in [1.82, 2.24) is 5.06 Å². The van der Waals surface area contributed by atoms with Crippen molar-refractivity contribution in [2.24, 2.45) is 0 Å². The predicted molar refractivity (Wildman–Crippen MR) is 64.4 cm³/mol. The van der Waals surface area contributed by atoms with Crippen LogP contribution in [0.2, 0.25) is 10.0 Å². The van der Waals surface area contributed by atoms with E-state index in [1.807, 2.05) is 0 Å². The molecule has 1 aromatic rings. The summed E-state index contributed by atoms with van der Waals surface area (Å²) in [5.41, 5.74) is 0.439. The van der Waals surface area contributed by atoms with E-state index in [1.54, 1.807) is 26.0 Å².